The SMILES string of the molecule is O=C(NCc1ccc(S(=O)(=O)N2CCCC2)cc1)C(=O)N1CCCCC1. The molecule has 2 heterocycles. The molecule has 0 bridgehead atoms. The maximum atomic E-state index is 12.5. The molecule has 1 aromatic carbocycles. The first-order chi connectivity index (χ1) is 12.5. The van der Waals surface area contributed by atoms with Crippen LogP contribution in [0.2, 0.25) is 0 Å². The first-order valence-corrected chi connectivity index (χ1v) is 10.6. The standard InChI is InChI=1S/C18H25N3O4S/c22-17(18(23)20-10-2-1-3-11-20)19-14-15-6-8-16(9-7-15)26(24,25)21-12-4-5-13-21/h6-9H,1-5,10-14H2,(H,19,22). The van der Waals surface area contributed by atoms with Crippen molar-refractivity contribution in [1.82, 2.24) is 14.5 Å². The summed E-state index contributed by atoms with van der Waals surface area (Å²) in [5.74, 6) is -1.10. The minimum atomic E-state index is -3.43. The van der Waals surface area contributed by atoms with E-state index in [2.05, 4.69) is 5.32 Å². The molecule has 0 radical (unpaired) electrons. The number of carbonyl (C=O) groups excluding carboxylic acids is 2. The van der Waals surface area contributed by atoms with E-state index in [-0.39, 0.29) is 11.4 Å². The third-order valence-corrected chi connectivity index (χ3v) is 6.83. The van der Waals surface area contributed by atoms with Gasteiger partial charge in [0, 0.05) is 32.7 Å². The molecular formula is C18H25N3O4S. The summed E-state index contributed by atoms with van der Waals surface area (Å²) in [5.41, 5.74) is 0.755. The second-order valence-corrected chi connectivity index (χ2v) is 8.73. The van der Waals surface area contributed by atoms with Crippen molar-refractivity contribution in [3.63, 3.8) is 0 Å². The third kappa shape index (κ3) is 4.24. The summed E-state index contributed by atoms with van der Waals surface area (Å²) < 4.78 is 26.5. The monoisotopic (exact) mass is 379 g/mol. The molecule has 3 rings (SSSR count). The summed E-state index contributed by atoms with van der Waals surface area (Å²) in [5, 5.41) is 2.62. The smallest absolute Gasteiger partial charge is 0.311 e. The summed E-state index contributed by atoms with van der Waals surface area (Å²) in [7, 11) is -3.43. The Labute approximate surface area is 154 Å². The molecular weight excluding hydrogens is 354 g/mol. The lowest BCUT2D eigenvalue weighted by molar-refractivity contribution is -0.146. The molecule has 1 N–H and O–H groups in total. The Morgan fingerprint density at radius 2 is 1.46 bits per heavy atom. The van der Waals surface area contributed by atoms with Crippen molar-refractivity contribution in [3.05, 3.63) is 29.8 Å². The molecule has 0 atom stereocenters. The van der Waals surface area contributed by atoms with Gasteiger partial charge in [0.25, 0.3) is 0 Å². The Morgan fingerprint density at radius 1 is 0.885 bits per heavy atom. The van der Waals surface area contributed by atoms with Crippen LogP contribution in [-0.2, 0) is 26.2 Å². The highest BCUT2D eigenvalue weighted by Gasteiger charge is 2.27. The Balaban J connectivity index is 1.55. The Kier molecular flexibility index (Phi) is 5.93. The van der Waals surface area contributed by atoms with E-state index in [1.807, 2.05) is 0 Å². The zero-order valence-electron chi connectivity index (χ0n) is 14.8. The Morgan fingerprint density at radius 3 is 2.08 bits per heavy atom. The first kappa shape index (κ1) is 18.8. The van der Waals surface area contributed by atoms with Crippen molar-refractivity contribution in [1.29, 1.82) is 0 Å². The molecule has 2 amide bonds. The van der Waals surface area contributed by atoms with Crippen LogP contribution >= 0.6 is 0 Å². The zero-order chi connectivity index (χ0) is 18.6. The van der Waals surface area contributed by atoms with Gasteiger partial charge < -0.3 is 10.2 Å². The predicted molar refractivity (Wildman–Crippen MR) is 96.7 cm³/mol. The second kappa shape index (κ2) is 8.18. The van der Waals surface area contributed by atoms with Crippen LogP contribution in [0.25, 0.3) is 0 Å². The largest absolute Gasteiger partial charge is 0.344 e. The zero-order valence-corrected chi connectivity index (χ0v) is 15.6. The molecule has 2 aliphatic heterocycles. The van der Waals surface area contributed by atoms with Crippen LogP contribution in [0.5, 0.6) is 0 Å². The van der Waals surface area contributed by atoms with Crippen molar-refractivity contribution < 1.29 is 18.0 Å². The fraction of sp³-hybridized carbons (Fsp3) is 0.556. The van der Waals surface area contributed by atoms with Gasteiger partial charge in [0.15, 0.2) is 0 Å². The van der Waals surface area contributed by atoms with Crippen LogP contribution < -0.4 is 5.32 Å². The molecule has 2 aliphatic rings. The van der Waals surface area contributed by atoms with Crippen LogP contribution in [0.4, 0.5) is 0 Å². The van der Waals surface area contributed by atoms with Gasteiger partial charge >= 0.3 is 11.8 Å². The number of carbonyl (C=O) groups is 2. The molecule has 0 aliphatic carbocycles. The number of sulfonamides is 1. The number of likely N-dealkylation sites (tertiary alicyclic amines) is 1. The van der Waals surface area contributed by atoms with E-state index in [0.29, 0.717) is 26.2 Å². The van der Waals surface area contributed by atoms with E-state index in [9.17, 15) is 18.0 Å². The molecule has 26 heavy (non-hydrogen) atoms. The summed E-state index contributed by atoms with van der Waals surface area (Å²) in [4.78, 5) is 25.9. The van der Waals surface area contributed by atoms with Gasteiger partial charge in [0.1, 0.15) is 0 Å². The van der Waals surface area contributed by atoms with Crippen molar-refractivity contribution in [2.24, 2.45) is 0 Å². The fourth-order valence-electron chi connectivity index (χ4n) is 3.36. The van der Waals surface area contributed by atoms with E-state index < -0.39 is 21.8 Å². The first-order valence-electron chi connectivity index (χ1n) is 9.15. The van der Waals surface area contributed by atoms with E-state index in [1.165, 1.54) is 4.31 Å². The second-order valence-electron chi connectivity index (χ2n) is 6.79. The van der Waals surface area contributed by atoms with Crippen LogP contribution in [0.1, 0.15) is 37.7 Å². The molecule has 8 heteroatoms. The minimum absolute atomic E-state index is 0.197. The lowest BCUT2D eigenvalue weighted by Crippen LogP contribution is -2.44. The van der Waals surface area contributed by atoms with Crippen LogP contribution in [0, 0.1) is 0 Å². The molecule has 2 saturated heterocycles. The number of nitrogens with zero attached hydrogens (tertiary/aromatic N) is 2. The maximum Gasteiger partial charge on any atom is 0.311 e. The molecule has 142 valence electrons. The van der Waals surface area contributed by atoms with Gasteiger partial charge in [-0.15, -0.1) is 0 Å². The highest BCUT2D eigenvalue weighted by molar-refractivity contribution is 7.89. The average Bonchev–Trinajstić information content (AvgIpc) is 3.22. The van der Waals surface area contributed by atoms with E-state index >= 15 is 0 Å². The van der Waals surface area contributed by atoms with Crippen molar-refractivity contribution >= 4 is 21.8 Å². The number of benzene rings is 1. The topological polar surface area (TPSA) is 86.8 Å². The Hall–Kier alpha value is -1.93. The van der Waals surface area contributed by atoms with Crippen LogP contribution in [0.15, 0.2) is 29.2 Å². The number of hydrogen-bond donors (Lipinski definition) is 1. The lowest BCUT2D eigenvalue weighted by Gasteiger charge is -2.25. The summed E-state index contributed by atoms with van der Waals surface area (Å²) >= 11 is 0. The van der Waals surface area contributed by atoms with Gasteiger partial charge in [0.05, 0.1) is 4.90 Å². The van der Waals surface area contributed by atoms with Crippen molar-refractivity contribution in [3.8, 4) is 0 Å². The lowest BCUT2D eigenvalue weighted by atomic mass is 10.1. The summed E-state index contributed by atoms with van der Waals surface area (Å²) in [6, 6.07) is 6.46. The minimum Gasteiger partial charge on any atom is -0.344 e. The Bertz CT molecular complexity index is 749. The van der Waals surface area contributed by atoms with Gasteiger partial charge in [-0.2, -0.15) is 4.31 Å². The van der Waals surface area contributed by atoms with Gasteiger partial charge in [-0.25, -0.2) is 8.42 Å². The quantitative estimate of drug-likeness (QED) is 0.794. The van der Waals surface area contributed by atoms with Crippen LogP contribution in [-0.4, -0.2) is 55.6 Å². The van der Waals surface area contributed by atoms with E-state index in [0.717, 1.165) is 37.7 Å². The average molecular weight is 379 g/mol. The predicted octanol–water partition coefficient (Wildman–Crippen LogP) is 1.10. The molecule has 7 nitrogen and oxygen atoms in total. The molecule has 0 unspecified atom stereocenters. The highest BCUT2D eigenvalue weighted by Crippen LogP contribution is 2.21. The molecule has 0 aromatic heterocycles. The van der Waals surface area contributed by atoms with Gasteiger partial charge in [0.2, 0.25) is 10.0 Å². The number of hydrogen-bond acceptors (Lipinski definition) is 4. The van der Waals surface area contributed by atoms with Crippen molar-refractivity contribution in [2.45, 2.75) is 43.5 Å². The number of rotatable bonds is 4. The van der Waals surface area contributed by atoms with Gasteiger partial charge in [-0.3, -0.25) is 9.59 Å². The van der Waals surface area contributed by atoms with E-state index in [4.69, 9.17) is 0 Å². The molecule has 2 fully saturated rings. The number of nitrogens with one attached hydrogen (secondary N) is 1. The highest BCUT2D eigenvalue weighted by atomic mass is 32.2. The molecule has 1 aromatic rings. The number of amides is 2. The molecule has 0 spiro atoms. The number of piperidine rings is 1. The summed E-state index contributed by atoms with van der Waals surface area (Å²) in [6.07, 6.45) is 4.76. The maximum absolute atomic E-state index is 12.5. The fourth-order valence-corrected chi connectivity index (χ4v) is 4.87. The van der Waals surface area contributed by atoms with Crippen LogP contribution in [0.3, 0.4) is 0 Å². The normalized spacial score (nSPS) is 18.7. The summed E-state index contributed by atoms with van der Waals surface area (Å²) in [6.45, 7) is 2.60. The van der Waals surface area contributed by atoms with Gasteiger partial charge in [-0.05, 0) is 49.8 Å². The third-order valence-electron chi connectivity index (χ3n) is 4.92. The van der Waals surface area contributed by atoms with E-state index in [1.54, 1.807) is 29.2 Å². The van der Waals surface area contributed by atoms with Gasteiger partial charge in [-0.1, -0.05) is 12.1 Å². The van der Waals surface area contributed by atoms with Crippen molar-refractivity contribution in [2.75, 3.05) is 26.2 Å². The molecule has 0 saturated carbocycles.